The molecule has 1 aliphatic heterocycles. The average Bonchev–Trinajstić information content (AvgIpc) is 2.88. The van der Waals surface area contributed by atoms with E-state index in [4.69, 9.17) is 4.42 Å². The van der Waals surface area contributed by atoms with Gasteiger partial charge in [-0.25, -0.2) is 0 Å². The van der Waals surface area contributed by atoms with Crippen molar-refractivity contribution < 1.29 is 4.42 Å². The van der Waals surface area contributed by atoms with Gasteiger partial charge in [0.25, 0.3) is 0 Å². The van der Waals surface area contributed by atoms with Gasteiger partial charge in [0.2, 0.25) is 0 Å². The molecule has 1 atom stereocenters. The molecule has 72 valence electrons. The predicted molar refractivity (Wildman–Crippen MR) is 53.0 cm³/mol. The Morgan fingerprint density at radius 1 is 1.36 bits per heavy atom. The van der Waals surface area contributed by atoms with Gasteiger partial charge < -0.3 is 14.3 Å². The molecule has 3 heteroatoms. The zero-order chi connectivity index (χ0) is 9.38. The van der Waals surface area contributed by atoms with Crippen molar-refractivity contribution in [3.63, 3.8) is 0 Å². The average molecular weight is 188 g/mol. The number of aromatic nitrogens is 1. The molecular formula is C11H12N2O. The summed E-state index contributed by atoms with van der Waals surface area (Å²) >= 11 is 0. The quantitative estimate of drug-likeness (QED) is 0.739. The Bertz CT molecular complexity index is 416. The second-order valence-corrected chi connectivity index (χ2v) is 3.53. The molecule has 2 aromatic rings. The highest BCUT2D eigenvalue weighted by Gasteiger charge is 2.22. The van der Waals surface area contributed by atoms with Crippen molar-refractivity contribution in [2.45, 2.75) is 12.6 Å². The van der Waals surface area contributed by atoms with E-state index in [-0.39, 0.29) is 6.04 Å². The Morgan fingerprint density at radius 3 is 3.21 bits per heavy atom. The number of nitrogens with one attached hydrogen (secondary N) is 1. The van der Waals surface area contributed by atoms with Gasteiger partial charge in [-0.1, -0.05) is 0 Å². The highest BCUT2D eigenvalue weighted by molar-refractivity contribution is 5.23. The van der Waals surface area contributed by atoms with Crippen LogP contribution in [0.5, 0.6) is 0 Å². The van der Waals surface area contributed by atoms with E-state index in [9.17, 15) is 0 Å². The summed E-state index contributed by atoms with van der Waals surface area (Å²) in [6, 6.07) is 8.38. The maximum absolute atomic E-state index is 5.42. The van der Waals surface area contributed by atoms with Crippen molar-refractivity contribution in [1.29, 1.82) is 0 Å². The summed E-state index contributed by atoms with van der Waals surface area (Å²) in [5.41, 5.74) is 1.28. The summed E-state index contributed by atoms with van der Waals surface area (Å²) in [6.45, 7) is 2.03. The molecule has 0 saturated carbocycles. The van der Waals surface area contributed by atoms with Crippen molar-refractivity contribution in [3.05, 3.63) is 48.2 Å². The Morgan fingerprint density at radius 2 is 2.36 bits per heavy atom. The topological polar surface area (TPSA) is 30.1 Å². The van der Waals surface area contributed by atoms with Crippen LogP contribution in [0.3, 0.4) is 0 Å². The largest absolute Gasteiger partial charge is 0.467 e. The van der Waals surface area contributed by atoms with Crippen LogP contribution >= 0.6 is 0 Å². The molecule has 0 aliphatic carbocycles. The van der Waals surface area contributed by atoms with Crippen LogP contribution in [0.2, 0.25) is 0 Å². The van der Waals surface area contributed by atoms with Gasteiger partial charge in [0.1, 0.15) is 11.8 Å². The van der Waals surface area contributed by atoms with E-state index in [2.05, 4.69) is 28.2 Å². The Labute approximate surface area is 82.3 Å². The maximum atomic E-state index is 5.42. The number of nitrogens with zero attached hydrogens (tertiary/aromatic N) is 1. The first-order valence-electron chi connectivity index (χ1n) is 4.87. The van der Waals surface area contributed by atoms with Gasteiger partial charge >= 0.3 is 0 Å². The Kier molecular flexibility index (Phi) is 1.70. The van der Waals surface area contributed by atoms with Crippen molar-refractivity contribution in [2.24, 2.45) is 0 Å². The minimum atomic E-state index is 0.216. The molecule has 0 spiro atoms. The molecule has 1 unspecified atom stereocenters. The predicted octanol–water partition coefficient (Wildman–Crippen LogP) is 1.77. The van der Waals surface area contributed by atoms with Crippen molar-refractivity contribution >= 4 is 0 Å². The van der Waals surface area contributed by atoms with Crippen molar-refractivity contribution in [3.8, 4) is 0 Å². The third-order valence-corrected chi connectivity index (χ3v) is 2.69. The molecule has 14 heavy (non-hydrogen) atoms. The molecule has 1 aliphatic rings. The first-order valence-corrected chi connectivity index (χ1v) is 4.87. The Hall–Kier alpha value is -1.48. The second-order valence-electron chi connectivity index (χ2n) is 3.53. The second kappa shape index (κ2) is 3.03. The molecule has 0 radical (unpaired) electrons. The van der Waals surface area contributed by atoms with Crippen LogP contribution in [0, 0.1) is 0 Å². The number of furan rings is 1. The third kappa shape index (κ3) is 1.09. The number of fused-ring (bicyclic) bond motifs is 1. The molecule has 0 aromatic carbocycles. The number of hydrogen-bond acceptors (Lipinski definition) is 2. The van der Waals surface area contributed by atoms with Gasteiger partial charge in [0.15, 0.2) is 0 Å². The zero-order valence-electron chi connectivity index (χ0n) is 7.81. The lowest BCUT2D eigenvalue weighted by Gasteiger charge is -2.24. The first-order chi connectivity index (χ1) is 6.95. The van der Waals surface area contributed by atoms with Gasteiger partial charge in [-0.2, -0.15) is 0 Å². The van der Waals surface area contributed by atoms with Crippen LogP contribution in [0.1, 0.15) is 17.5 Å². The van der Waals surface area contributed by atoms with Gasteiger partial charge in [0, 0.05) is 25.0 Å². The standard InChI is InChI=1S/C11H12N2O/c1-3-9-11(10-4-2-8-14-10)12-5-7-13(9)6-1/h1-4,6,8,11-12H,5,7H2. The zero-order valence-corrected chi connectivity index (χ0v) is 7.81. The van der Waals surface area contributed by atoms with Crippen LogP contribution in [0.25, 0.3) is 0 Å². The van der Waals surface area contributed by atoms with Crippen LogP contribution < -0.4 is 5.32 Å². The van der Waals surface area contributed by atoms with E-state index in [0.717, 1.165) is 18.8 Å². The van der Waals surface area contributed by atoms with E-state index in [1.165, 1.54) is 5.69 Å². The molecule has 0 fully saturated rings. The SMILES string of the molecule is c1coc(C2NCCn3cccc32)c1. The lowest BCUT2D eigenvalue weighted by Crippen LogP contribution is -2.33. The van der Waals surface area contributed by atoms with Gasteiger partial charge in [0.05, 0.1) is 6.26 Å². The molecule has 3 rings (SSSR count). The summed E-state index contributed by atoms with van der Waals surface area (Å²) in [5.74, 6) is 0.990. The van der Waals surface area contributed by atoms with Crippen LogP contribution in [0.4, 0.5) is 0 Å². The summed E-state index contributed by atoms with van der Waals surface area (Å²) in [4.78, 5) is 0. The summed E-state index contributed by atoms with van der Waals surface area (Å²) in [7, 11) is 0. The molecular weight excluding hydrogens is 176 g/mol. The highest BCUT2D eigenvalue weighted by atomic mass is 16.3. The third-order valence-electron chi connectivity index (χ3n) is 2.69. The molecule has 3 heterocycles. The number of rotatable bonds is 1. The highest BCUT2D eigenvalue weighted by Crippen LogP contribution is 2.25. The fraction of sp³-hybridized carbons (Fsp3) is 0.273. The monoisotopic (exact) mass is 188 g/mol. The van der Waals surface area contributed by atoms with E-state index < -0.39 is 0 Å². The molecule has 2 aromatic heterocycles. The van der Waals surface area contributed by atoms with Crippen LogP contribution in [-0.4, -0.2) is 11.1 Å². The Balaban J connectivity index is 2.04. The smallest absolute Gasteiger partial charge is 0.126 e. The maximum Gasteiger partial charge on any atom is 0.126 e. The molecule has 0 amide bonds. The van der Waals surface area contributed by atoms with Gasteiger partial charge in [-0.05, 0) is 24.3 Å². The van der Waals surface area contributed by atoms with E-state index in [0.29, 0.717) is 0 Å². The lowest BCUT2D eigenvalue weighted by atomic mass is 10.1. The molecule has 3 nitrogen and oxygen atoms in total. The fourth-order valence-corrected chi connectivity index (χ4v) is 2.03. The minimum absolute atomic E-state index is 0.216. The first kappa shape index (κ1) is 7.88. The van der Waals surface area contributed by atoms with E-state index >= 15 is 0 Å². The van der Waals surface area contributed by atoms with E-state index in [1.54, 1.807) is 6.26 Å². The minimum Gasteiger partial charge on any atom is -0.467 e. The summed E-state index contributed by atoms with van der Waals surface area (Å²) in [6.07, 6.45) is 3.84. The summed E-state index contributed by atoms with van der Waals surface area (Å²) < 4.78 is 7.69. The van der Waals surface area contributed by atoms with Crippen molar-refractivity contribution in [1.82, 2.24) is 9.88 Å². The molecule has 0 bridgehead atoms. The lowest BCUT2D eigenvalue weighted by molar-refractivity contribution is 0.396. The van der Waals surface area contributed by atoms with Gasteiger partial charge in [-0.3, -0.25) is 0 Å². The fourth-order valence-electron chi connectivity index (χ4n) is 2.03. The molecule has 0 saturated heterocycles. The van der Waals surface area contributed by atoms with Gasteiger partial charge in [-0.15, -0.1) is 0 Å². The number of hydrogen-bond donors (Lipinski definition) is 1. The van der Waals surface area contributed by atoms with Crippen LogP contribution in [0.15, 0.2) is 41.1 Å². The normalized spacial score (nSPS) is 20.7. The molecule has 1 N–H and O–H groups in total. The van der Waals surface area contributed by atoms with E-state index in [1.807, 2.05) is 12.1 Å². The summed E-state index contributed by atoms with van der Waals surface area (Å²) in [5, 5.41) is 3.45. The van der Waals surface area contributed by atoms with Crippen molar-refractivity contribution in [2.75, 3.05) is 6.54 Å². The van der Waals surface area contributed by atoms with Crippen LogP contribution in [-0.2, 0) is 6.54 Å².